The minimum atomic E-state index is -0.348. The summed E-state index contributed by atoms with van der Waals surface area (Å²) in [5, 5.41) is 1.99. The van der Waals surface area contributed by atoms with Crippen LogP contribution < -0.4 is 11.5 Å². The molecule has 4 nitrogen and oxygen atoms in total. The Balaban J connectivity index is 2.16. The lowest BCUT2D eigenvalue weighted by atomic mass is 10.3. The normalized spacial score (nSPS) is 11.1. The number of nitrogens with two attached hydrogens (primary N) is 1. The van der Waals surface area contributed by atoms with E-state index in [1.807, 2.05) is 23.6 Å². The first kappa shape index (κ1) is 10.2. The molecule has 0 aliphatic carbocycles. The molecular weight excluding hydrogens is 236 g/mol. The predicted octanol–water partition coefficient (Wildman–Crippen LogP) is 2.29. The van der Waals surface area contributed by atoms with Gasteiger partial charge in [-0.15, -0.1) is 11.3 Å². The van der Waals surface area contributed by atoms with E-state index in [1.54, 1.807) is 28.0 Å². The molecule has 5 heteroatoms. The summed E-state index contributed by atoms with van der Waals surface area (Å²) in [6.07, 6.45) is 0. The molecule has 0 aliphatic heterocycles. The Bertz CT molecular complexity index is 710. The molecule has 86 valence electrons. The van der Waals surface area contributed by atoms with E-state index in [9.17, 15) is 4.79 Å². The highest BCUT2D eigenvalue weighted by molar-refractivity contribution is 7.09. The van der Waals surface area contributed by atoms with E-state index < -0.39 is 0 Å². The van der Waals surface area contributed by atoms with E-state index in [1.165, 1.54) is 0 Å². The van der Waals surface area contributed by atoms with E-state index in [0.717, 1.165) is 10.4 Å². The number of hydrogen-bond donors (Lipinski definition) is 1. The van der Waals surface area contributed by atoms with Crippen LogP contribution in [0.5, 0.6) is 0 Å². The van der Waals surface area contributed by atoms with Crippen molar-refractivity contribution in [2.75, 3.05) is 5.73 Å². The van der Waals surface area contributed by atoms with Crippen molar-refractivity contribution in [3.63, 3.8) is 0 Å². The molecule has 0 amide bonds. The van der Waals surface area contributed by atoms with Gasteiger partial charge in [0.15, 0.2) is 5.58 Å². The summed E-state index contributed by atoms with van der Waals surface area (Å²) in [4.78, 5) is 12.9. The van der Waals surface area contributed by atoms with E-state index in [2.05, 4.69) is 0 Å². The Morgan fingerprint density at radius 1 is 1.35 bits per heavy atom. The molecule has 2 aromatic heterocycles. The third-order valence-electron chi connectivity index (χ3n) is 2.59. The summed E-state index contributed by atoms with van der Waals surface area (Å²) in [6, 6.07) is 9.20. The third kappa shape index (κ3) is 1.74. The van der Waals surface area contributed by atoms with Crippen LogP contribution in [0.4, 0.5) is 5.69 Å². The van der Waals surface area contributed by atoms with Crippen molar-refractivity contribution in [3.05, 3.63) is 51.1 Å². The first-order chi connectivity index (χ1) is 8.24. The second-order valence-electron chi connectivity index (χ2n) is 3.76. The van der Waals surface area contributed by atoms with Crippen LogP contribution in [-0.4, -0.2) is 4.57 Å². The van der Waals surface area contributed by atoms with Crippen molar-refractivity contribution in [2.45, 2.75) is 6.54 Å². The number of nitrogens with zero attached hydrogens (tertiary/aromatic N) is 1. The number of hydrogen-bond acceptors (Lipinski definition) is 4. The van der Waals surface area contributed by atoms with Gasteiger partial charge in [0.05, 0.1) is 12.1 Å². The largest absolute Gasteiger partial charge is 0.420 e. The highest BCUT2D eigenvalue weighted by Crippen LogP contribution is 2.18. The number of benzene rings is 1. The Hall–Kier alpha value is -2.01. The second-order valence-corrected chi connectivity index (χ2v) is 4.79. The highest BCUT2D eigenvalue weighted by atomic mass is 32.1. The number of nitrogen functional groups attached to an aromatic ring is 1. The molecule has 0 atom stereocenters. The van der Waals surface area contributed by atoms with Crippen LogP contribution in [0.25, 0.3) is 11.1 Å². The Kier molecular flexibility index (Phi) is 2.26. The lowest BCUT2D eigenvalue weighted by molar-refractivity contribution is 0.519. The van der Waals surface area contributed by atoms with Crippen LogP contribution in [0.3, 0.4) is 0 Å². The summed E-state index contributed by atoms with van der Waals surface area (Å²) < 4.78 is 6.77. The van der Waals surface area contributed by atoms with Gasteiger partial charge in [-0.2, -0.15) is 0 Å². The maximum absolute atomic E-state index is 11.7. The number of oxazole rings is 1. The fourth-order valence-corrected chi connectivity index (χ4v) is 2.48. The average molecular weight is 246 g/mol. The molecule has 0 spiro atoms. The third-order valence-corrected chi connectivity index (χ3v) is 3.45. The zero-order valence-electron chi connectivity index (χ0n) is 8.92. The van der Waals surface area contributed by atoms with Crippen LogP contribution in [0, 0.1) is 0 Å². The average Bonchev–Trinajstić information content (AvgIpc) is 2.88. The topological polar surface area (TPSA) is 61.2 Å². The summed E-state index contributed by atoms with van der Waals surface area (Å²) in [6.45, 7) is 0.535. The molecule has 2 heterocycles. The number of fused-ring (bicyclic) bond motifs is 1. The van der Waals surface area contributed by atoms with Crippen molar-refractivity contribution in [3.8, 4) is 0 Å². The Morgan fingerprint density at radius 3 is 3.00 bits per heavy atom. The molecule has 0 bridgehead atoms. The first-order valence-electron chi connectivity index (χ1n) is 5.15. The van der Waals surface area contributed by atoms with Gasteiger partial charge < -0.3 is 10.2 Å². The molecule has 0 saturated heterocycles. The molecule has 0 saturated carbocycles. The summed E-state index contributed by atoms with van der Waals surface area (Å²) in [5.74, 6) is -0.348. The summed E-state index contributed by atoms with van der Waals surface area (Å²) >= 11 is 1.62. The first-order valence-corrected chi connectivity index (χ1v) is 6.03. The van der Waals surface area contributed by atoms with Crippen molar-refractivity contribution >= 4 is 28.1 Å². The van der Waals surface area contributed by atoms with Crippen LogP contribution in [0.1, 0.15) is 4.88 Å². The molecule has 0 fully saturated rings. The van der Waals surface area contributed by atoms with Gasteiger partial charge in [-0.25, -0.2) is 4.79 Å². The van der Waals surface area contributed by atoms with Crippen LogP contribution in [0.2, 0.25) is 0 Å². The molecule has 0 unspecified atom stereocenters. The Labute approximate surface area is 101 Å². The molecule has 17 heavy (non-hydrogen) atoms. The van der Waals surface area contributed by atoms with Crippen LogP contribution >= 0.6 is 11.3 Å². The molecule has 0 aliphatic rings. The zero-order chi connectivity index (χ0) is 11.8. The van der Waals surface area contributed by atoms with E-state index >= 15 is 0 Å². The Morgan fingerprint density at radius 2 is 2.24 bits per heavy atom. The van der Waals surface area contributed by atoms with Gasteiger partial charge in [-0.1, -0.05) is 6.07 Å². The maximum atomic E-state index is 11.7. The number of aromatic nitrogens is 1. The molecule has 3 aromatic rings. The van der Waals surface area contributed by atoms with Crippen LogP contribution in [-0.2, 0) is 6.54 Å². The van der Waals surface area contributed by atoms with E-state index in [-0.39, 0.29) is 5.76 Å². The summed E-state index contributed by atoms with van der Waals surface area (Å²) in [7, 11) is 0. The van der Waals surface area contributed by atoms with Gasteiger partial charge in [0, 0.05) is 16.6 Å². The van der Waals surface area contributed by atoms with Gasteiger partial charge in [-0.3, -0.25) is 4.57 Å². The van der Waals surface area contributed by atoms with Gasteiger partial charge in [-0.05, 0) is 23.6 Å². The minimum Gasteiger partial charge on any atom is -0.408 e. The smallest absolute Gasteiger partial charge is 0.408 e. The zero-order valence-corrected chi connectivity index (χ0v) is 9.74. The standard InChI is InChI=1S/C12H10N2O2S/c13-8-3-4-10-11(6-8)16-12(15)14(10)7-9-2-1-5-17-9/h1-6H,7,13H2. The molecular formula is C12H10N2O2S. The van der Waals surface area contributed by atoms with Gasteiger partial charge in [0.25, 0.3) is 0 Å². The number of rotatable bonds is 2. The number of anilines is 1. The van der Waals surface area contributed by atoms with Crippen molar-refractivity contribution < 1.29 is 4.42 Å². The SMILES string of the molecule is Nc1ccc2c(c1)oc(=O)n2Cc1cccs1. The van der Waals surface area contributed by atoms with Crippen molar-refractivity contribution in [1.29, 1.82) is 0 Å². The maximum Gasteiger partial charge on any atom is 0.420 e. The molecule has 2 N–H and O–H groups in total. The lowest BCUT2D eigenvalue weighted by Gasteiger charge is -1.99. The van der Waals surface area contributed by atoms with Crippen molar-refractivity contribution in [1.82, 2.24) is 4.57 Å². The fourth-order valence-electron chi connectivity index (χ4n) is 1.79. The minimum absolute atomic E-state index is 0.348. The number of thiophene rings is 1. The second kappa shape index (κ2) is 3.78. The van der Waals surface area contributed by atoms with Gasteiger partial charge in [0.1, 0.15) is 0 Å². The quantitative estimate of drug-likeness (QED) is 0.706. The van der Waals surface area contributed by atoms with Crippen molar-refractivity contribution in [2.24, 2.45) is 0 Å². The lowest BCUT2D eigenvalue weighted by Crippen LogP contribution is -2.14. The molecule has 3 rings (SSSR count). The van der Waals surface area contributed by atoms with Crippen LogP contribution in [0.15, 0.2) is 44.9 Å². The van der Waals surface area contributed by atoms with Gasteiger partial charge in [0.2, 0.25) is 0 Å². The molecule has 0 radical (unpaired) electrons. The van der Waals surface area contributed by atoms with Gasteiger partial charge >= 0.3 is 5.76 Å². The molecule has 1 aromatic carbocycles. The fraction of sp³-hybridized carbons (Fsp3) is 0.0833. The summed E-state index contributed by atoms with van der Waals surface area (Å²) in [5.41, 5.74) is 7.55. The highest BCUT2D eigenvalue weighted by Gasteiger charge is 2.09. The monoisotopic (exact) mass is 246 g/mol. The van der Waals surface area contributed by atoms with E-state index in [0.29, 0.717) is 17.8 Å². The predicted molar refractivity (Wildman–Crippen MR) is 68.3 cm³/mol. The van der Waals surface area contributed by atoms with E-state index in [4.69, 9.17) is 10.2 Å².